The minimum Gasteiger partial charge on any atom is -0.313 e. The largest absolute Gasteiger partial charge is 0.313 e. The Kier molecular flexibility index (Phi) is 6.20. The van der Waals surface area contributed by atoms with Crippen LogP contribution in [0.4, 0.5) is 0 Å². The predicted octanol–water partition coefficient (Wildman–Crippen LogP) is 0.862. The highest BCUT2D eigenvalue weighted by molar-refractivity contribution is 7.89. The van der Waals surface area contributed by atoms with E-state index in [1.54, 1.807) is 6.92 Å². The highest BCUT2D eigenvalue weighted by Crippen LogP contribution is 2.20. The van der Waals surface area contributed by atoms with Crippen LogP contribution in [0.3, 0.4) is 0 Å². The lowest BCUT2D eigenvalue weighted by molar-refractivity contribution is 0.459. The third-order valence-electron chi connectivity index (χ3n) is 2.97. The molecule has 0 bridgehead atoms. The van der Waals surface area contributed by atoms with Crippen molar-refractivity contribution < 1.29 is 8.42 Å². The van der Waals surface area contributed by atoms with E-state index in [2.05, 4.69) is 28.4 Å². The van der Waals surface area contributed by atoms with Crippen LogP contribution in [0.25, 0.3) is 0 Å². The zero-order valence-corrected chi connectivity index (χ0v) is 13.0. The standard InChI is InChI=1S/C13H22N4O2S/c1-5-8-14-10-12-11(4)15-16-13(12)20(18,19)17(7-3)9-6-2/h2,14H,5,7-10H2,1,3-4H3,(H,15,16). The lowest BCUT2D eigenvalue weighted by Crippen LogP contribution is -2.32. The van der Waals surface area contributed by atoms with Gasteiger partial charge < -0.3 is 5.32 Å². The van der Waals surface area contributed by atoms with Crippen molar-refractivity contribution in [2.75, 3.05) is 19.6 Å². The van der Waals surface area contributed by atoms with Gasteiger partial charge in [-0.2, -0.15) is 9.40 Å². The molecule has 0 saturated carbocycles. The first-order chi connectivity index (χ1) is 9.48. The van der Waals surface area contributed by atoms with Gasteiger partial charge in [0.15, 0.2) is 5.03 Å². The van der Waals surface area contributed by atoms with Gasteiger partial charge in [-0.25, -0.2) is 8.42 Å². The number of hydrogen-bond donors (Lipinski definition) is 2. The third-order valence-corrected chi connectivity index (χ3v) is 4.86. The maximum absolute atomic E-state index is 12.5. The van der Waals surface area contributed by atoms with E-state index in [9.17, 15) is 8.42 Å². The molecular formula is C13H22N4O2S. The Balaban J connectivity index is 3.09. The van der Waals surface area contributed by atoms with Crippen molar-refractivity contribution >= 4 is 10.0 Å². The number of hydrogen-bond acceptors (Lipinski definition) is 4. The van der Waals surface area contributed by atoms with Crippen LogP contribution in [0.2, 0.25) is 0 Å². The smallest absolute Gasteiger partial charge is 0.263 e. The Labute approximate surface area is 121 Å². The van der Waals surface area contributed by atoms with Crippen molar-refractivity contribution in [3.63, 3.8) is 0 Å². The molecule has 0 saturated heterocycles. The molecule has 6 nitrogen and oxygen atoms in total. The van der Waals surface area contributed by atoms with Crippen LogP contribution in [0.1, 0.15) is 31.5 Å². The van der Waals surface area contributed by atoms with Gasteiger partial charge in [-0.15, -0.1) is 6.42 Å². The fraction of sp³-hybridized carbons (Fsp3) is 0.615. The molecule has 0 aromatic carbocycles. The van der Waals surface area contributed by atoms with E-state index in [4.69, 9.17) is 6.42 Å². The van der Waals surface area contributed by atoms with Gasteiger partial charge in [-0.1, -0.05) is 19.8 Å². The highest BCUT2D eigenvalue weighted by atomic mass is 32.2. The van der Waals surface area contributed by atoms with Gasteiger partial charge >= 0.3 is 0 Å². The van der Waals surface area contributed by atoms with E-state index in [-0.39, 0.29) is 11.6 Å². The second-order valence-corrected chi connectivity index (χ2v) is 6.30. The molecule has 0 aliphatic rings. The Morgan fingerprint density at radius 2 is 2.15 bits per heavy atom. The highest BCUT2D eigenvalue weighted by Gasteiger charge is 2.28. The van der Waals surface area contributed by atoms with Crippen molar-refractivity contribution in [2.45, 2.75) is 38.8 Å². The summed E-state index contributed by atoms with van der Waals surface area (Å²) in [6.45, 7) is 7.28. The summed E-state index contributed by atoms with van der Waals surface area (Å²) in [4.78, 5) is 0. The summed E-state index contributed by atoms with van der Waals surface area (Å²) in [5.41, 5.74) is 1.43. The molecule has 0 fully saturated rings. The van der Waals surface area contributed by atoms with Gasteiger partial charge in [0.1, 0.15) is 0 Å². The van der Waals surface area contributed by atoms with Crippen LogP contribution < -0.4 is 5.32 Å². The summed E-state index contributed by atoms with van der Waals surface area (Å²) in [5, 5.41) is 9.96. The quantitative estimate of drug-likeness (QED) is 0.551. The molecule has 0 atom stereocenters. The fourth-order valence-corrected chi connectivity index (χ4v) is 3.36. The average molecular weight is 298 g/mol. The van der Waals surface area contributed by atoms with E-state index < -0.39 is 10.0 Å². The molecule has 0 aliphatic heterocycles. The zero-order chi connectivity index (χ0) is 15.2. The number of sulfonamides is 1. The minimum absolute atomic E-state index is 0.0482. The molecule has 1 rings (SSSR count). The van der Waals surface area contributed by atoms with E-state index in [0.717, 1.165) is 18.7 Å². The van der Waals surface area contributed by atoms with Gasteiger partial charge in [-0.3, -0.25) is 5.10 Å². The van der Waals surface area contributed by atoms with Gasteiger partial charge in [-0.05, 0) is 19.9 Å². The molecule has 112 valence electrons. The second kappa shape index (κ2) is 7.43. The topological polar surface area (TPSA) is 78.1 Å². The molecule has 1 heterocycles. The van der Waals surface area contributed by atoms with Crippen LogP contribution >= 0.6 is 0 Å². The lowest BCUT2D eigenvalue weighted by atomic mass is 10.2. The monoisotopic (exact) mass is 298 g/mol. The minimum atomic E-state index is -3.65. The van der Waals surface area contributed by atoms with Gasteiger partial charge in [0.25, 0.3) is 10.0 Å². The molecule has 0 amide bonds. The van der Waals surface area contributed by atoms with Gasteiger partial charge in [0, 0.05) is 24.3 Å². The number of H-pyrrole nitrogens is 1. The molecule has 1 aromatic heterocycles. The summed E-state index contributed by atoms with van der Waals surface area (Å²) < 4.78 is 26.3. The first-order valence-electron chi connectivity index (χ1n) is 6.67. The number of aryl methyl sites for hydroxylation is 1. The third kappa shape index (κ3) is 3.60. The molecule has 0 radical (unpaired) electrons. The molecule has 1 aromatic rings. The predicted molar refractivity (Wildman–Crippen MR) is 78.6 cm³/mol. The Morgan fingerprint density at radius 1 is 1.45 bits per heavy atom. The summed E-state index contributed by atoms with van der Waals surface area (Å²) in [6.07, 6.45) is 6.21. The van der Waals surface area contributed by atoms with Gasteiger partial charge in [0.05, 0.1) is 6.54 Å². The summed E-state index contributed by atoms with van der Waals surface area (Å²) >= 11 is 0. The normalized spacial score (nSPS) is 11.8. The summed E-state index contributed by atoms with van der Waals surface area (Å²) in [5.74, 6) is 2.37. The second-order valence-electron chi connectivity index (χ2n) is 4.44. The number of aromatic nitrogens is 2. The number of aromatic amines is 1. The van der Waals surface area contributed by atoms with Crippen LogP contribution in [-0.4, -0.2) is 42.6 Å². The maximum atomic E-state index is 12.5. The van der Waals surface area contributed by atoms with E-state index in [1.165, 1.54) is 4.31 Å². The van der Waals surface area contributed by atoms with E-state index in [1.807, 2.05) is 6.92 Å². The van der Waals surface area contributed by atoms with Crippen molar-refractivity contribution in [3.8, 4) is 12.3 Å². The van der Waals surface area contributed by atoms with Crippen LogP contribution in [0.15, 0.2) is 5.03 Å². The first kappa shape index (κ1) is 16.7. The van der Waals surface area contributed by atoms with Crippen LogP contribution in [0, 0.1) is 19.3 Å². The van der Waals surface area contributed by atoms with Crippen molar-refractivity contribution in [2.24, 2.45) is 0 Å². The van der Waals surface area contributed by atoms with Crippen molar-refractivity contribution in [3.05, 3.63) is 11.3 Å². The molecular weight excluding hydrogens is 276 g/mol. The Bertz CT molecular complexity index is 572. The Morgan fingerprint density at radius 3 is 2.70 bits per heavy atom. The zero-order valence-electron chi connectivity index (χ0n) is 12.2. The summed E-state index contributed by atoms with van der Waals surface area (Å²) in [7, 11) is -3.65. The molecule has 0 unspecified atom stereocenters. The summed E-state index contributed by atoms with van der Waals surface area (Å²) in [6, 6.07) is 0. The molecule has 0 spiro atoms. The van der Waals surface area contributed by atoms with Crippen molar-refractivity contribution in [1.29, 1.82) is 0 Å². The SMILES string of the molecule is C#CCN(CC)S(=O)(=O)c1n[nH]c(C)c1CNCCC. The van der Waals surface area contributed by atoms with E-state index >= 15 is 0 Å². The number of nitrogens with zero attached hydrogens (tertiary/aromatic N) is 2. The molecule has 20 heavy (non-hydrogen) atoms. The number of rotatable bonds is 8. The fourth-order valence-electron chi connectivity index (χ4n) is 1.83. The lowest BCUT2D eigenvalue weighted by Gasteiger charge is -2.17. The number of terminal acetylenes is 1. The maximum Gasteiger partial charge on any atom is 0.263 e. The van der Waals surface area contributed by atoms with Gasteiger partial charge in [0.2, 0.25) is 0 Å². The van der Waals surface area contributed by atoms with E-state index in [0.29, 0.717) is 18.7 Å². The molecule has 0 aliphatic carbocycles. The first-order valence-corrected chi connectivity index (χ1v) is 8.11. The Hall–Kier alpha value is -1.36. The number of nitrogens with one attached hydrogen (secondary N) is 2. The van der Waals surface area contributed by atoms with Crippen LogP contribution in [-0.2, 0) is 16.6 Å². The van der Waals surface area contributed by atoms with Crippen LogP contribution in [0.5, 0.6) is 0 Å². The molecule has 7 heteroatoms. The average Bonchev–Trinajstić information content (AvgIpc) is 2.78. The molecule has 2 N–H and O–H groups in total. The van der Waals surface area contributed by atoms with Crippen molar-refractivity contribution in [1.82, 2.24) is 19.8 Å².